The second-order valence-electron chi connectivity index (χ2n) is 6.78. The van der Waals surface area contributed by atoms with E-state index in [4.69, 9.17) is 27.9 Å². The molecule has 0 radical (unpaired) electrons. The van der Waals surface area contributed by atoms with Crippen LogP contribution in [0.15, 0.2) is 66.2 Å². The molecule has 5 nitrogen and oxygen atoms in total. The molecule has 3 aromatic carbocycles. The zero-order valence-corrected chi connectivity index (χ0v) is 18.5. The molecule has 0 bridgehead atoms. The average molecular weight is 462 g/mol. The molecule has 1 N–H and O–H groups in total. The Bertz CT molecular complexity index is 1290. The lowest BCUT2D eigenvalue weighted by atomic mass is 10.1. The van der Waals surface area contributed by atoms with E-state index in [0.29, 0.717) is 38.2 Å². The van der Waals surface area contributed by atoms with Crippen LogP contribution in [0.4, 0.5) is 5.69 Å². The summed E-state index contributed by atoms with van der Waals surface area (Å²) in [5.41, 5.74) is 2.99. The summed E-state index contributed by atoms with van der Waals surface area (Å²) in [6.45, 7) is 1.96. The number of amides is 1. The highest BCUT2D eigenvalue weighted by Gasteiger charge is 2.13. The molecule has 158 valence electrons. The maximum Gasteiger partial charge on any atom is 0.266 e. The van der Waals surface area contributed by atoms with E-state index >= 15 is 0 Å². The maximum atomic E-state index is 12.6. The Morgan fingerprint density at radius 2 is 1.84 bits per heavy atom. The normalized spacial score (nSPS) is 10.7. The first-order valence-corrected chi connectivity index (χ1v) is 10.3. The molecule has 3 aromatic rings. The van der Waals surface area contributed by atoms with Crippen LogP contribution in [0.5, 0.6) is 5.75 Å². The minimum Gasteiger partial charge on any atom is -0.487 e. The van der Waals surface area contributed by atoms with Crippen molar-refractivity contribution in [1.29, 1.82) is 10.5 Å². The van der Waals surface area contributed by atoms with Crippen LogP contribution in [0.2, 0.25) is 10.0 Å². The van der Waals surface area contributed by atoms with Gasteiger partial charge in [0.1, 0.15) is 24.0 Å². The highest BCUT2D eigenvalue weighted by Crippen LogP contribution is 2.28. The van der Waals surface area contributed by atoms with Crippen molar-refractivity contribution in [3.63, 3.8) is 0 Å². The van der Waals surface area contributed by atoms with Crippen LogP contribution in [0.1, 0.15) is 22.3 Å². The number of nitrogens with zero attached hydrogens (tertiary/aromatic N) is 2. The summed E-state index contributed by atoms with van der Waals surface area (Å²) >= 11 is 12.4. The smallest absolute Gasteiger partial charge is 0.266 e. The van der Waals surface area contributed by atoms with E-state index in [9.17, 15) is 15.3 Å². The summed E-state index contributed by atoms with van der Waals surface area (Å²) in [6.07, 6.45) is 1.44. The molecule has 0 fully saturated rings. The SMILES string of the molecule is Cc1c(Cl)cccc1NC(=O)/C(C#N)=C/c1ccc(OCc2ccccc2C#N)c(Cl)c1. The van der Waals surface area contributed by atoms with Gasteiger partial charge in [-0.1, -0.05) is 53.5 Å². The first kappa shape index (κ1) is 22.9. The summed E-state index contributed by atoms with van der Waals surface area (Å²) in [4.78, 5) is 12.6. The van der Waals surface area contributed by atoms with Gasteiger partial charge in [-0.15, -0.1) is 0 Å². The van der Waals surface area contributed by atoms with Crippen LogP contribution in [0.25, 0.3) is 6.08 Å². The molecule has 32 heavy (non-hydrogen) atoms. The zero-order valence-electron chi connectivity index (χ0n) is 17.0. The molecule has 0 atom stereocenters. The second kappa shape index (κ2) is 10.5. The van der Waals surface area contributed by atoms with E-state index in [1.54, 1.807) is 55.5 Å². The average Bonchev–Trinajstić information content (AvgIpc) is 2.80. The molecular weight excluding hydrogens is 445 g/mol. The van der Waals surface area contributed by atoms with Crippen LogP contribution in [-0.4, -0.2) is 5.91 Å². The number of carbonyl (C=O) groups is 1. The minimum atomic E-state index is -0.553. The van der Waals surface area contributed by atoms with E-state index in [1.807, 2.05) is 18.2 Å². The zero-order chi connectivity index (χ0) is 23.1. The van der Waals surface area contributed by atoms with Gasteiger partial charge in [0.25, 0.3) is 5.91 Å². The van der Waals surface area contributed by atoms with Gasteiger partial charge in [-0.05, 0) is 54.5 Å². The Kier molecular flexibility index (Phi) is 7.52. The Balaban J connectivity index is 1.75. The summed E-state index contributed by atoms with van der Waals surface area (Å²) < 4.78 is 5.74. The van der Waals surface area contributed by atoms with Crippen molar-refractivity contribution >= 4 is 40.9 Å². The van der Waals surface area contributed by atoms with Crippen molar-refractivity contribution in [2.45, 2.75) is 13.5 Å². The van der Waals surface area contributed by atoms with E-state index < -0.39 is 5.91 Å². The number of rotatable bonds is 6. The largest absolute Gasteiger partial charge is 0.487 e. The standard InChI is InChI=1S/C25H17Cl2N3O2/c1-16-21(26)7-4-8-23(16)30-25(31)20(14-29)11-17-9-10-24(22(27)12-17)32-15-19-6-3-2-5-18(19)13-28/h2-12H,15H2,1H3,(H,30,31)/b20-11+. The van der Waals surface area contributed by atoms with Crippen LogP contribution >= 0.6 is 23.2 Å². The molecule has 0 unspecified atom stereocenters. The van der Waals surface area contributed by atoms with Gasteiger partial charge in [-0.2, -0.15) is 10.5 Å². The molecule has 3 rings (SSSR count). The first-order chi connectivity index (χ1) is 15.4. The number of hydrogen-bond donors (Lipinski definition) is 1. The van der Waals surface area contributed by atoms with E-state index in [1.165, 1.54) is 6.08 Å². The van der Waals surface area contributed by atoms with Gasteiger partial charge in [0.05, 0.1) is 16.7 Å². The number of ether oxygens (including phenoxy) is 1. The minimum absolute atomic E-state index is 0.0861. The predicted molar refractivity (Wildman–Crippen MR) is 125 cm³/mol. The number of halogens is 2. The number of benzene rings is 3. The maximum absolute atomic E-state index is 12.6. The van der Waals surface area contributed by atoms with Crippen LogP contribution in [0, 0.1) is 29.6 Å². The van der Waals surface area contributed by atoms with E-state index in [-0.39, 0.29) is 12.2 Å². The van der Waals surface area contributed by atoms with Crippen molar-refractivity contribution in [2.75, 3.05) is 5.32 Å². The van der Waals surface area contributed by atoms with Gasteiger partial charge in [0.2, 0.25) is 0 Å². The molecule has 1 amide bonds. The lowest BCUT2D eigenvalue weighted by Gasteiger charge is -2.10. The number of carbonyl (C=O) groups excluding carboxylic acids is 1. The Labute approximate surface area is 196 Å². The third-order valence-electron chi connectivity index (χ3n) is 4.67. The third-order valence-corrected chi connectivity index (χ3v) is 5.37. The molecule has 0 aliphatic rings. The topological polar surface area (TPSA) is 85.9 Å². The van der Waals surface area contributed by atoms with E-state index in [0.717, 1.165) is 5.56 Å². The summed E-state index contributed by atoms with van der Waals surface area (Å²) in [5, 5.41) is 22.2. The molecular formula is C25H17Cl2N3O2. The van der Waals surface area contributed by atoms with Crippen molar-refractivity contribution in [1.82, 2.24) is 0 Å². The Morgan fingerprint density at radius 3 is 2.56 bits per heavy atom. The molecule has 0 aliphatic carbocycles. The summed E-state index contributed by atoms with van der Waals surface area (Å²) in [7, 11) is 0. The van der Waals surface area contributed by atoms with Gasteiger partial charge in [-0.3, -0.25) is 4.79 Å². The number of hydrogen-bond acceptors (Lipinski definition) is 4. The molecule has 0 saturated heterocycles. The molecule has 0 saturated carbocycles. The molecule has 7 heteroatoms. The highest BCUT2D eigenvalue weighted by molar-refractivity contribution is 6.32. The number of nitriles is 2. The molecule has 0 aromatic heterocycles. The van der Waals surface area contributed by atoms with Crippen LogP contribution in [0.3, 0.4) is 0 Å². The lowest BCUT2D eigenvalue weighted by molar-refractivity contribution is -0.112. The molecule has 0 aliphatic heterocycles. The monoisotopic (exact) mass is 461 g/mol. The van der Waals surface area contributed by atoms with Gasteiger partial charge < -0.3 is 10.1 Å². The molecule has 0 spiro atoms. The fourth-order valence-electron chi connectivity index (χ4n) is 2.88. The van der Waals surface area contributed by atoms with Crippen molar-refractivity contribution in [3.05, 3.63) is 98.5 Å². The second-order valence-corrected chi connectivity index (χ2v) is 7.60. The predicted octanol–water partition coefficient (Wildman–Crippen LogP) is 6.30. The van der Waals surface area contributed by atoms with Crippen LogP contribution < -0.4 is 10.1 Å². The quantitative estimate of drug-likeness (QED) is 0.344. The van der Waals surface area contributed by atoms with Crippen molar-refractivity contribution in [3.8, 4) is 17.9 Å². The summed E-state index contributed by atoms with van der Waals surface area (Å²) in [5.74, 6) is -0.128. The van der Waals surface area contributed by atoms with Gasteiger partial charge in [0, 0.05) is 16.3 Å². The highest BCUT2D eigenvalue weighted by atomic mass is 35.5. The molecule has 0 heterocycles. The van der Waals surface area contributed by atoms with Crippen molar-refractivity contribution < 1.29 is 9.53 Å². The fraction of sp³-hybridized carbons (Fsp3) is 0.0800. The number of nitrogens with one attached hydrogen (secondary N) is 1. The first-order valence-electron chi connectivity index (χ1n) is 9.51. The third kappa shape index (κ3) is 5.47. The fourth-order valence-corrected chi connectivity index (χ4v) is 3.30. The van der Waals surface area contributed by atoms with E-state index in [2.05, 4.69) is 11.4 Å². The Morgan fingerprint density at radius 1 is 1.06 bits per heavy atom. The van der Waals surface area contributed by atoms with Gasteiger partial charge in [-0.25, -0.2) is 0 Å². The van der Waals surface area contributed by atoms with Gasteiger partial charge in [0.15, 0.2) is 0 Å². The number of anilines is 1. The summed E-state index contributed by atoms with van der Waals surface area (Å²) in [6, 6.07) is 21.3. The lowest BCUT2D eigenvalue weighted by Crippen LogP contribution is -2.14. The Hall–Kier alpha value is -3.77. The van der Waals surface area contributed by atoms with Crippen molar-refractivity contribution in [2.24, 2.45) is 0 Å². The van der Waals surface area contributed by atoms with Crippen LogP contribution in [-0.2, 0) is 11.4 Å². The van der Waals surface area contributed by atoms with Gasteiger partial charge >= 0.3 is 0 Å².